The van der Waals surface area contributed by atoms with Gasteiger partial charge in [-0.1, -0.05) is 26.2 Å². The Bertz CT molecular complexity index is 531. The molecule has 1 aromatic rings. The van der Waals surface area contributed by atoms with E-state index in [0.717, 1.165) is 38.9 Å². The lowest BCUT2D eigenvalue weighted by atomic mass is 9.87. The van der Waals surface area contributed by atoms with Gasteiger partial charge in [0.05, 0.1) is 0 Å². The van der Waals surface area contributed by atoms with Gasteiger partial charge in [0, 0.05) is 43.9 Å². The topological polar surface area (TPSA) is 38.1 Å². The molecule has 0 N–H and O–H groups in total. The molecule has 2 fully saturated rings. The van der Waals surface area contributed by atoms with Gasteiger partial charge in [-0.3, -0.25) is 4.79 Å². The summed E-state index contributed by atoms with van der Waals surface area (Å²) >= 11 is 0. The molecule has 1 aliphatic heterocycles. The standard InChI is InChI=1S/C19H31N3O/c1-3-10-22-15(2)13-20-19(22)17-9-11-21(14-17)18(23)12-16-7-5-4-6-8-16/h13,16-17H,3-12,14H2,1-2H3. The van der Waals surface area contributed by atoms with Crippen LogP contribution in [0.4, 0.5) is 0 Å². The summed E-state index contributed by atoms with van der Waals surface area (Å²) in [6.07, 6.45) is 11.4. The second-order valence-electron chi connectivity index (χ2n) is 7.44. The van der Waals surface area contributed by atoms with E-state index < -0.39 is 0 Å². The van der Waals surface area contributed by atoms with Gasteiger partial charge in [-0.2, -0.15) is 0 Å². The van der Waals surface area contributed by atoms with E-state index in [1.165, 1.54) is 43.6 Å². The number of rotatable bonds is 5. The van der Waals surface area contributed by atoms with Crippen LogP contribution in [0.15, 0.2) is 6.20 Å². The molecule has 2 heterocycles. The van der Waals surface area contributed by atoms with Gasteiger partial charge in [-0.15, -0.1) is 0 Å². The summed E-state index contributed by atoms with van der Waals surface area (Å²) in [5.74, 6) is 2.63. The van der Waals surface area contributed by atoms with Crippen LogP contribution in [0, 0.1) is 12.8 Å². The van der Waals surface area contributed by atoms with Crippen molar-refractivity contribution in [3.63, 3.8) is 0 Å². The average Bonchev–Trinajstić information content (AvgIpc) is 3.17. The molecule has 4 heteroatoms. The van der Waals surface area contributed by atoms with Crippen LogP contribution >= 0.6 is 0 Å². The van der Waals surface area contributed by atoms with Crippen molar-refractivity contribution in [1.29, 1.82) is 0 Å². The third-order valence-corrected chi connectivity index (χ3v) is 5.63. The normalized spacial score (nSPS) is 22.7. The molecule has 1 atom stereocenters. The van der Waals surface area contributed by atoms with Crippen molar-refractivity contribution in [3.05, 3.63) is 17.7 Å². The Morgan fingerprint density at radius 1 is 1.26 bits per heavy atom. The lowest BCUT2D eigenvalue weighted by Gasteiger charge is -2.24. The Hall–Kier alpha value is -1.32. The van der Waals surface area contributed by atoms with Crippen LogP contribution in [-0.2, 0) is 11.3 Å². The molecule has 128 valence electrons. The van der Waals surface area contributed by atoms with Crippen molar-refractivity contribution in [2.24, 2.45) is 5.92 Å². The largest absolute Gasteiger partial charge is 0.342 e. The second-order valence-corrected chi connectivity index (χ2v) is 7.44. The van der Waals surface area contributed by atoms with E-state index >= 15 is 0 Å². The van der Waals surface area contributed by atoms with Crippen molar-refractivity contribution in [2.75, 3.05) is 13.1 Å². The summed E-state index contributed by atoms with van der Waals surface area (Å²) in [7, 11) is 0. The SMILES string of the molecule is CCCn1c(C)cnc1C1CCN(C(=O)CC2CCCCC2)C1. The number of aromatic nitrogens is 2. The molecule has 1 saturated heterocycles. The van der Waals surface area contributed by atoms with E-state index in [-0.39, 0.29) is 0 Å². The summed E-state index contributed by atoms with van der Waals surface area (Å²) < 4.78 is 2.35. The summed E-state index contributed by atoms with van der Waals surface area (Å²) in [4.78, 5) is 19.4. The maximum absolute atomic E-state index is 12.6. The van der Waals surface area contributed by atoms with E-state index in [1.54, 1.807) is 0 Å². The first-order valence-electron chi connectivity index (χ1n) is 9.48. The van der Waals surface area contributed by atoms with Crippen LogP contribution < -0.4 is 0 Å². The minimum Gasteiger partial charge on any atom is -0.342 e. The Labute approximate surface area is 140 Å². The molecule has 0 spiro atoms. The minimum absolute atomic E-state index is 0.379. The molecule has 1 aromatic heterocycles. The number of aryl methyl sites for hydroxylation is 1. The second kappa shape index (κ2) is 7.50. The van der Waals surface area contributed by atoms with Gasteiger partial charge in [0.15, 0.2) is 0 Å². The Morgan fingerprint density at radius 3 is 2.78 bits per heavy atom. The average molecular weight is 317 g/mol. The van der Waals surface area contributed by atoms with Crippen LogP contribution in [0.1, 0.15) is 75.7 Å². The smallest absolute Gasteiger partial charge is 0.222 e. The zero-order chi connectivity index (χ0) is 16.2. The predicted molar refractivity (Wildman–Crippen MR) is 92.4 cm³/mol. The molecule has 1 saturated carbocycles. The van der Waals surface area contributed by atoms with Crippen LogP contribution in [0.25, 0.3) is 0 Å². The number of carbonyl (C=O) groups excluding carboxylic acids is 1. The molecule has 1 unspecified atom stereocenters. The van der Waals surface area contributed by atoms with Crippen LogP contribution in [0.5, 0.6) is 0 Å². The van der Waals surface area contributed by atoms with Crippen LogP contribution in [0.3, 0.4) is 0 Å². The van der Waals surface area contributed by atoms with Crippen molar-refractivity contribution in [1.82, 2.24) is 14.5 Å². The van der Waals surface area contributed by atoms with Gasteiger partial charge in [-0.05, 0) is 38.5 Å². The number of carbonyl (C=O) groups is 1. The zero-order valence-electron chi connectivity index (χ0n) is 14.8. The first-order chi connectivity index (χ1) is 11.2. The van der Waals surface area contributed by atoms with Crippen LogP contribution in [0.2, 0.25) is 0 Å². The highest BCUT2D eigenvalue weighted by molar-refractivity contribution is 5.76. The monoisotopic (exact) mass is 317 g/mol. The molecule has 1 amide bonds. The lowest BCUT2D eigenvalue weighted by molar-refractivity contribution is -0.131. The fourth-order valence-corrected chi connectivity index (χ4v) is 4.28. The molecule has 4 nitrogen and oxygen atoms in total. The maximum atomic E-state index is 12.6. The molecule has 0 aromatic carbocycles. The fourth-order valence-electron chi connectivity index (χ4n) is 4.28. The zero-order valence-corrected chi connectivity index (χ0v) is 14.8. The van der Waals surface area contributed by atoms with E-state index in [2.05, 4.69) is 28.3 Å². The minimum atomic E-state index is 0.379. The number of imidazole rings is 1. The maximum Gasteiger partial charge on any atom is 0.222 e. The van der Waals surface area contributed by atoms with E-state index in [4.69, 9.17) is 0 Å². The Balaban J connectivity index is 1.58. The fraction of sp³-hybridized carbons (Fsp3) is 0.789. The lowest BCUT2D eigenvalue weighted by Crippen LogP contribution is -2.30. The van der Waals surface area contributed by atoms with Gasteiger partial charge in [-0.25, -0.2) is 4.98 Å². The van der Waals surface area contributed by atoms with Gasteiger partial charge in [0.1, 0.15) is 5.82 Å². The van der Waals surface area contributed by atoms with E-state index in [0.29, 0.717) is 17.7 Å². The molecular formula is C19H31N3O. The van der Waals surface area contributed by atoms with E-state index in [1.807, 2.05) is 6.20 Å². The summed E-state index contributed by atoms with van der Waals surface area (Å²) in [5, 5.41) is 0. The van der Waals surface area contributed by atoms with Crippen molar-refractivity contribution < 1.29 is 4.79 Å². The quantitative estimate of drug-likeness (QED) is 0.826. The van der Waals surface area contributed by atoms with Gasteiger partial charge >= 0.3 is 0 Å². The first-order valence-corrected chi connectivity index (χ1v) is 9.48. The third kappa shape index (κ3) is 3.78. The number of likely N-dealkylation sites (tertiary alicyclic amines) is 1. The molecular weight excluding hydrogens is 286 g/mol. The Kier molecular flexibility index (Phi) is 5.39. The summed E-state index contributed by atoms with van der Waals surface area (Å²) in [5.41, 5.74) is 1.24. The van der Waals surface area contributed by atoms with Gasteiger partial charge in [0.2, 0.25) is 5.91 Å². The molecule has 0 bridgehead atoms. The molecule has 2 aliphatic rings. The van der Waals surface area contributed by atoms with Gasteiger partial charge in [0.25, 0.3) is 0 Å². The third-order valence-electron chi connectivity index (χ3n) is 5.63. The van der Waals surface area contributed by atoms with Crippen molar-refractivity contribution in [3.8, 4) is 0 Å². The molecule has 0 radical (unpaired) electrons. The van der Waals surface area contributed by atoms with E-state index in [9.17, 15) is 4.79 Å². The number of hydrogen-bond acceptors (Lipinski definition) is 2. The predicted octanol–water partition coefficient (Wildman–Crippen LogP) is 3.89. The van der Waals surface area contributed by atoms with Crippen molar-refractivity contribution in [2.45, 2.75) is 77.7 Å². The highest BCUT2D eigenvalue weighted by Crippen LogP contribution is 2.30. The summed E-state index contributed by atoms with van der Waals surface area (Å²) in [6.45, 7) is 7.15. The molecule has 23 heavy (non-hydrogen) atoms. The Morgan fingerprint density at radius 2 is 2.04 bits per heavy atom. The summed E-state index contributed by atoms with van der Waals surface area (Å²) in [6, 6.07) is 0. The van der Waals surface area contributed by atoms with Gasteiger partial charge < -0.3 is 9.47 Å². The molecule has 1 aliphatic carbocycles. The highest BCUT2D eigenvalue weighted by Gasteiger charge is 2.31. The molecule has 3 rings (SSSR count). The number of hydrogen-bond donors (Lipinski definition) is 0. The van der Waals surface area contributed by atoms with Crippen molar-refractivity contribution >= 4 is 5.91 Å². The van der Waals surface area contributed by atoms with Crippen LogP contribution in [-0.4, -0.2) is 33.4 Å². The number of amides is 1. The first kappa shape index (κ1) is 16.5. The highest BCUT2D eigenvalue weighted by atomic mass is 16.2. The number of nitrogens with zero attached hydrogens (tertiary/aromatic N) is 3.